The maximum atomic E-state index is 14.1. The summed E-state index contributed by atoms with van der Waals surface area (Å²) in [6, 6.07) is 5.57. The van der Waals surface area contributed by atoms with Crippen LogP contribution in [-0.4, -0.2) is 0 Å². The van der Waals surface area contributed by atoms with Gasteiger partial charge in [-0.05, 0) is 61.1 Å². The van der Waals surface area contributed by atoms with Gasteiger partial charge < -0.3 is 0 Å². The van der Waals surface area contributed by atoms with Gasteiger partial charge in [0, 0.05) is 0 Å². The predicted octanol–water partition coefficient (Wildman–Crippen LogP) is 5.46. The highest BCUT2D eigenvalue weighted by Crippen LogP contribution is 2.39. The van der Waals surface area contributed by atoms with Crippen LogP contribution in [0.4, 0.5) is 4.39 Å². The van der Waals surface area contributed by atoms with Gasteiger partial charge >= 0.3 is 0 Å². The van der Waals surface area contributed by atoms with Gasteiger partial charge in [0.25, 0.3) is 0 Å². The zero-order valence-corrected chi connectivity index (χ0v) is 11.7. The molecule has 0 bridgehead atoms. The SMILES string of the molecule is CCCC1CCC(c2c(F)cccc2CC)CC1. The molecule has 1 heteroatoms. The zero-order chi connectivity index (χ0) is 13.0. The van der Waals surface area contributed by atoms with E-state index in [-0.39, 0.29) is 5.82 Å². The van der Waals surface area contributed by atoms with Crippen molar-refractivity contribution in [2.45, 2.75) is 64.7 Å². The molecule has 18 heavy (non-hydrogen) atoms. The first kappa shape index (κ1) is 13.6. The third-order valence-corrected chi connectivity index (χ3v) is 4.48. The molecular weight excluding hydrogens is 223 g/mol. The Bertz CT molecular complexity index is 375. The molecule has 0 heterocycles. The van der Waals surface area contributed by atoms with Crippen LogP contribution in [0.3, 0.4) is 0 Å². The van der Waals surface area contributed by atoms with Crippen LogP contribution in [0.15, 0.2) is 18.2 Å². The molecule has 1 aliphatic rings. The topological polar surface area (TPSA) is 0 Å². The van der Waals surface area contributed by atoms with E-state index in [0.29, 0.717) is 5.92 Å². The molecule has 0 amide bonds. The van der Waals surface area contributed by atoms with Crippen LogP contribution in [0.1, 0.15) is 69.4 Å². The molecule has 1 saturated carbocycles. The summed E-state index contributed by atoms with van der Waals surface area (Å²) >= 11 is 0. The molecule has 1 aromatic rings. The summed E-state index contributed by atoms with van der Waals surface area (Å²) < 4.78 is 14.1. The number of hydrogen-bond acceptors (Lipinski definition) is 0. The Balaban J connectivity index is 2.09. The number of aryl methyl sites for hydroxylation is 1. The summed E-state index contributed by atoms with van der Waals surface area (Å²) in [5.74, 6) is 1.38. The van der Waals surface area contributed by atoms with E-state index in [1.165, 1.54) is 44.1 Å². The average Bonchev–Trinajstić information content (AvgIpc) is 2.40. The number of rotatable bonds is 4. The smallest absolute Gasteiger partial charge is 0.126 e. The summed E-state index contributed by atoms with van der Waals surface area (Å²) in [5.41, 5.74) is 2.24. The van der Waals surface area contributed by atoms with Crippen LogP contribution in [0.2, 0.25) is 0 Å². The van der Waals surface area contributed by atoms with Crippen LogP contribution in [0, 0.1) is 11.7 Å². The van der Waals surface area contributed by atoms with Crippen molar-refractivity contribution >= 4 is 0 Å². The van der Waals surface area contributed by atoms with Crippen molar-refractivity contribution < 1.29 is 4.39 Å². The highest BCUT2D eigenvalue weighted by atomic mass is 19.1. The maximum Gasteiger partial charge on any atom is 0.126 e. The summed E-state index contributed by atoms with van der Waals surface area (Å²) in [4.78, 5) is 0. The highest BCUT2D eigenvalue weighted by molar-refractivity contribution is 5.32. The maximum absolute atomic E-state index is 14.1. The largest absolute Gasteiger partial charge is 0.207 e. The van der Waals surface area contributed by atoms with Crippen molar-refractivity contribution in [1.82, 2.24) is 0 Å². The fourth-order valence-electron chi connectivity index (χ4n) is 3.50. The van der Waals surface area contributed by atoms with Crippen LogP contribution >= 0.6 is 0 Å². The summed E-state index contributed by atoms with van der Waals surface area (Å²) in [5, 5.41) is 0. The molecule has 0 radical (unpaired) electrons. The standard InChI is InChI=1S/C17H25F/c1-3-6-13-9-11-15(12-10-13)17-14(4-2)7-5-8-16(17)18/h5,7-8,13,15H,3-4,6,9-12H2,1-2H3. The minimum Gasteiger partial charge on any atom is -0.207 e. The molecule has 0 atom stereocenters. The Morgan fingerprint density at radius 3 is 2.44 bits per heavy atom. The average molecular weight is 248 g/mol. The van der Waals surface area contributed by atoms with Crippen molar-refractivity contribution in [3.05, 3.63) is 35.1 Å². The Hall–Kier alpha value is -0.850. The van der Waals surface area contributed by atoms with E-state index in [1.807, 2.05) is 6.07 Å². The van der Waals surface area contributed by atoms with Gasteiger partial charge in [0.05, 0.1) is 0 Å². The minimum absolute atomic E-state index is 0.0216. The van der Waals surface area contributed by atoms with Crippen LogP contribution < -0.4 is 0 Å². The lowest BCUT2D eigenvalue weighted by Gasteiger charge is -2.30. The second kappa shape index (κ2) is 6.36. The highest BCUT2D eigenvalue weighted by Gasteiger charge is 2.25. The normalized spacial score (nSPS) is 24.2. The summed E-state index contributed by atoms with van der Waals surface area (Å²) in [7, 11) is 0. The molecule has 0 unspecified atom stereocenters. The fourth-order valence-corrected chi connectivity index (χ4v) is 3.50. The first-order valence-electron chi connectivity index (χ1n) is 7.53. The van der Waals surface area contributed by atoms with Gasteiger partial charge in [-0.2, -0.15) is 0 Å². The Kier molecular flexibility index (Phi) is 4.79. The molecule has 1 fully saturated rings. The fraction of sp³-hybridized carbons (Fsp3) is 0.647. The lowest BCUT2D eigenvalue weighted by Crippen LogP contribution is -2.15. The van der Waals surface area contributed by atoms with Crippen molar-refractivity contribution in [3.63, 3.8) is 0 Å². The second-order valence-electron chi connectivity index (χ2n) is 5.67. The van der Waals surface area contributed by atoms with Gasteiger partial charge in [0.2, 0.25) is 0 Å². The quantitative estimate of drug-likeness (QED) is 0.663. The van der Waals surface area contributed by atoms with E-state index in [1.54, 1.807) is 6.07 Å². The van der Waals surface area contributed by atoms with Crippen molar-refractivity contribution in [1.29, 1.82) is 0 Å². The lowest BCUT2D eigenvalue weighted by molar-refractivity contribution is 0.303. The monoisotopic (exact) mass is 248 g/mol. The van der Waals surface area contributed by atoms with Crippen molar-refractivity contribution in [2.24, 2.45) is 5.92 Å². The van der Waals surface area contributed by atoms with Gasteiger partial charge in [-0.3, -0.25) is 0 Å². The molecule has 0 spiro atoms. The van der Waals surface area contributed by atoms with Crippen LogP contribution in [0.25, 0.3) is 0 Å². The first-order chi connectivity index (χ1) is 8.76. The predicted molar refractivity (Wildman–Crippen MR) is 75.4 cm³/mol. The molecule has 100 valence electrons. The molecule has 1 aliphatic carbocycles. The van der Waals surface area contributed by atoms with Gasteiger partial charge in [0.1, 0.15) is 5.82 Å². The minimum atomic E-state index is 0.0216. The molecule has 0 aromatic heterocycles. The zero-order valence-electron chi connectivity index (χ0n) is 11.7. The third kappa shape index (κ3) is 2.93. The van der Waals surface area contributed by atoms with E-state index in [2.05, 4.69) is 19.9 Å². The third-order valence-electron chi connectivity index (χ3n) is 4.48. The van der Waals surface area contributed by atoms with E-state index >= 15 is 0 Å². The Labute approximate surface area is 111 Å². The van der Waals surface area contributed by atoms with Crippen LogP contribution in [-0.2, 0) is 6.42 Å². The van der Waals surface area contributed by atoms with Gasteiger partial charge in [-0.25, -0.2) is 4.39 Å². The first-order valence-corrected chi connectivity index (χ1v) is 7.53. The Morgan fingerprint density at radius 2 is 1.83 bits per heavy atom. The Morgan fingerprint density at radius 1 is 1.11 bits per heavy atom. The second-order valence-corrected chi connectivity index (χ2v) is 5.67. The number of benzene rings is 1. The van der Waals surface area contributed by atoms with Gasteiger partial charge in [0.15, 0.2) is 0 Å². The van der Waals surface area contributed by atoms with Crippen molar-refractivity contribution in [2.75, 3.05) is 0 Å². The molecule has 0 nitrogen and oxygen atoms in total. The van der Waals surface area contributed by atoms with E-state index in [0.717, 1.165) is 17.9 Å². The molecule has 0 aliphatic heterocycles. The van der Waals surface area contributed by atoms with E-state index < -0.39 is 0 Å². The number of halogens is 1. The summed E-state index contributed by atoms with van der Waals surface area (Å²) in [6.07, 6.45) is 8.52. The van der Waals surface area contributed by atoms with E-state index in [9.17, 15) is 4.39 Å². The lowest BCUT2D eigenvalue weighted by atomic mass is 9.76. The molecule has 0 saturated heterocycles. The molecular formula is C17H25F. The van der Waals surface area contributed by atoms with Crippen LogP contribution in [0.5, 0.6) is 0 Å². The summed E-state index contributed by atoms with van der Waals surface area (Å²) in [6.45, 7) is 4.39. The van der Waals surface area contributed by atoms with Crippen molar-refractivity contribution in [3.8, 4) is 0 Å². The van der Waals surface area contributed by atoms with E-state index in [4.69, 9.17) is 0 Å². The van der Waals surface area contributed by atoms with Gasteiger partial charge in [-0.1, -0.05) is 38.8 Å². The molecule has 1 aromatic carbocycles. The van der Waals surface area contributed by atoms with Gasteiger partial charge in [-0.15, -0.1) is 0 Å². The molecule has 0 N–H and O–H groups in total. The molecule has 2 rings (SSSR count). The number of hydrogen-bond donors (Lipinski definition) is 0.